The molecule has 342 valence electrons. The molecule has 4 unspecified atom stereocenters. The summed E-state index contributed by atoms with van der Waals surface area (Å²) in [4.78, 5) is 11.7. The molecule has 1 N–H and O–H groups in total. The van der Waals surface area contributed by atoms with Gasteiger partial charge in [-0.05, 0) is 0 Å². The van der Waals surface area contributed by atoms with E-state index in [-0.39, 0.29) is 11.0 Å². The van der Waals surface area contributed by atoms with Gasteiger partial charge in [-0.3, -0.25) is 23.7 Å². The third kappa shape index (κ3) is 10.3. The predicted octanol–water partition coefficient (Wildman–Crippen LogP) is 8.75. The number of amides is 1. The Balaban J connectivity index is 7.58. The summed E-state index contributed by atoms with van der Waals surface area (Å²) < 4.78 is 397. The van der Waals surface area contributed by atoms with Crippen LogP contribution in [0.25, 0.3) is 0 Å². The van der Waals surface area contributed by atoms with Gasteiger partial charge in [0.2, 0.25) is 0 Å². The third-order valence-electron chi connectivity index (χ3n) is 5.96. The molecule has 0 aromatic carbocycles. The average molecular weight is 927 g/mol. The number of alkyl halides is 29. The zero-order valence-electron chi connectivity index (χ0n) is 26.6. The van der Waals surface area contributed by atoms with Gasteiger partial charge in [0.15, 0.2) is 0 Å². The number of rotatable bonds is 17. The van der Waals surface area contributed by atoms with E-state index < -0.39 is 104 Å². The maximum Gasteiger partial charge on any atom is 0.462 e. The van der Waals surface area contributed by atoms with Crippen LogP contribution in [-0.2, 0) is 23.7 Å². The minimum atomic E-state index is -9.24. The fourth-order valence-corrected chi connectivity index (χ4v) is 3.08. The molecule has 0 aliphatic rings. The molecule has 4 atom stereocenters. The van der Waals surface area contributed by atoms with Crippen molar-refractivity contribution in [1.82, 2.24) is 5.32 Å². The number of quaternary nitrogens is 1. The van der Waals surface area contributed by atoms with Crippen molar-refractivity contribution in [3.8, 4) is 0 Å². The van der Waals surface area contributed by atoms with Crippen LogP contribution in [0.5, 0.6) is 0 Å². The smallest absolute Gasteiger partial charge is 0.351 e. The third-order valence-corrected chi connectivity index (χ3v) is 5.96. The molecule has 36 heteroatoms. The van der Waals surface area contributed by atoms with E-state index in [0.717, 1.165) is 14.2 Å². The van der Waals surface area contributed by atoms with E-state index in [1.165, 1.54) is 21.1 Å². The lowest BCUT2D eigenvalue weighted by atomic mass is 10.2. The van der Waals surface area contributed by atoms with Crippen LogP contribution in [0.3, 0.4) is 0 Å². The van der Waals surface area contributed by atoms with Crippen molar-refractivity contribution in [2.45, 2.75) is 91.1 Å². The van der Waals surface area contributed by atoms with E-state index in [1.807, 2.05) is 0 Å². The van der Waals surface area contributed by atoms with Crippen LogP contribution >= 0.6 is 0 Å². The molecular weight excluding hydrogens is 911 g/mol. The van der Waals surface area contributed by atoms with E-state index in [1.54, 1.807) is 4.74 Å². The molecule has 0 spiro atoms. The summed E-state index contributed by atoms with van der Waals surface area (Å²) in [5.74, 6) is -46.6. The molecule has 0 fully saturated rings. The summed E-state index contributed by atoms with van der Waals surface area (Å²) in [6, 6.07) is 0. The number of carbonyl (C=O) groups is 1. The molecule has 0 aliphatic heterocycles. The molecule has 0 aromatic rings. The first-order valence-corrected chi connectivity index (χ1v) is 13.1. The number of halogens is 29. The molecular formula is C21H16F29N2O5+. The summed E-state index contributed by atoms with van der Waals surface area (Å²) in [7, 11) is 3.92. The molecule has 0 heterocycles. The Labute approximate surface area is 293 Å². The first-order valence-electron chi connectivity index (χ1n) is 13.1. The van der Waals surface area contributed by atoms with Crippen LogP contribution in [0, 0.1) is 0 Å². The SMILES string of the molecule is C[N+](C)(C)CCCNC(=O)C(F)(OC(F)(F)C(F)(OC(F)(F)C(F)(OC(F)(F)C(F)(OC(F)(F)C(F)(F)C(F)(F)F)C(F)(F)F)C(F)(F)F)C(F)(F)F)C(F)(F)F. The van der Waals surface area contributed by atoms with Gasteiger partial charge in [0, 0.05) is 13.0 Å². The maximum absolute atomic E-state index is 14.7. The molecule has 0 saturated carbocycles. The van der Waals surface area contributed by atoms with Gasteiger partial charge in [-0.2, -0.15) is 127 Å². The molecule has 0 rings (SSSR count). The summed E-state index contributed by atoms with van der Waals surface area (Å²) in [6.07, 6.45) is -78.0. The highest BCUT2D eigenvalue weighted by Crippen LogP contribution is 2.61. The maximum atomic E-state index is 14.7. The topological polar surface area (TPSA) is 66.0 Å². The van der Waals surface area contributed by atoms with Gasteiger partial charge in [0.25, 0.3) is 5.91 Å². The Bertz CT molecular complexity index is 1400. The lowest BCUT2D eigenvalue weighted by molar-refractivity contribution is -0.870. The molecule has 57 heavy (non-hydrogen) atoms. The Morgan fingerprint density at radius 3 is 0.947 bits per heavy atom. The Kier molecular flexibility index (Phi) is 14.3. The first kappa shape index (κ1) is 54.2. The molecule has 0 aliphatic carbocycles. The van der Waals surface area contributed by atoms with Crippen LogP contribution < -0.4 is 5.32 Å². The van der Waals surface area contributed by atoms with Crippen LogP contribution in [0.4, 0.5) is 127 Å². The fourth-order valence-electron chi connectivity index (χ4n) is 3.08. The quantitative estimate of drug-likeness (QED) is 0.0899. The zero-order chi connectivity index (χ0) is 46.7. The summed E-state index contributed by atoms with van der Waals surface area (Å²) in [6.45, 7) is -1.60. The lowest BCUT2D eigenvalue weighted by Crippen LogP contribution is -2.72. The van der Waals surface area contributed by atoms with Crippen LogP contribution in [0.2, 0.25) is 0 Å². The summed E-state index contributed by atoms with van der Waals surface area (Å²) in [5.41, 5.74) is 0. The lowest BCUT2D eigenvalue weighted by Gasteiger charge is -2.44. The van der Waals surface area contributed by atoms with Crippen molar-refractivity contribution < 1.29 is 156 Å². The van der Waals surface area contributed by atoms with Gasteiger partial charge >= 0.3 is 84.7 Å². The molecule has 1 amide bonds. The fraction of sp³-hybridized carbons (Fsp3) is 0.952. The van der Waals surface area contributed by atoms with Gasteiger partial charge in [-0.15, -0.1) is 0 Å². The van der Waals surface area contributed by atoms with Crippen molar-refractivity contribution in [3.05, 3.63) is 0 Å². The predicted molar refractivity (Wildman–Crippen MR) is 115 cm³/mol. The monoisotopic (exact) mass is 927 g/mol. The highest BCUT2D eigenvalue weighted by Gasteiger charge is 2.90. The molecule has 0 radical (unpaired) electrons. The second-order valence-electron chi connectivity index (χ2n) is 11.5. The van der Waals surface area contributed by atoms with Gasteiger partial charge in [0.05, 0.1) is 27.7 Å². The number of hydrogen-bond donors (Lipinski definition) is 1. The number of nitrogens with one attached hydrogen (secondary N) is 1. The number of ether oxygens (including phenoxy) is 4. The normalized spacial score (nSPS) is 19.6. The summed E-state index contributed by atoms with van der Waals surface area (Å²) >= 11 is 0. The highest BCUT2D eigenvalue weighted by molar-refractivity contribution is 5.84. The highest BCUT2D eigenvalue weighted by atomic mass is 19.4. The van der Waals surface area contributed by atoms with Gasteiger partial charge in [-0.25, -0.2) is 0 Å². The van der Waals surface area contributed by atoms with Crippen molar-refractivity contribution in [2.24, 2.45) is 0 Å². The van der Waals surface area contributed by atoms with Crippen LogP contribution in [0.15, 0.2) is 0 Å². The largest absolute Gasteiger partial charge is 0.462 e. The van der Waals surface area contributed by atoms with E-state index in [9.17, 15) is 132 Å². The zero-order valence-corrected chi connectivity index (χ0v) is 26.6. The molecule has 0 aromatic heterocycles. The second kappa shape index (κ2) is 15.1. The van der Waals surface area contributed by atoms with E-state index in [4.69, 9.17) is 0 Å². The summed E-state index contributed by atoms with van der Waals surface area (Å²) in [5, 5.41) is 0.684. The number of carbonyl (C=O) groups excluding carboxylic acids is 1. The van der Waals surface area contributed by atoms with Gasteiger partial charge in [0.1, 0.15) is 0 Å². The Morgan fingerprint density at radius 2 is 0.702 bits per heavy atom. The minimum absolute atomic E-state index is 0.175. The van der Waals surface area contributed by atoms with E-state index in [2.05, 4.69) is 0 Å². The first-order chi connectivity index (χ1) is 24.2. The van der Waals surface area contributed by atoms with Crippen molar-refractivity contribution in [3.63, 3.8) is 0 Å². The van der Waals surface area contributed by atoms with Gasteiger partial charge in [-0.1, -0.05) is 0 Å². The number of hydrogen-bond acceptors (Lipinski definition) is 5. The van der Waals surface area contributed by atoms with Crippen LogP contribution in [-0.4, -0.2) is 129 Å². The Morgan fingerprint density at radius 1 is 0.421 bits per heavy atom. The van der Waals surface area contributed by atoms with Crippen molar-refractivity contribution in [1.29, 1.82) is 0 Å². The van der Waals surface area contributed by atoms with Crippen molar-refractivity contribution in [2.75, 3.05) is 34.2 Å². The number of nitrogens with zero attached hydrogens (tertiary/aromatic N) is 1. The average Bonchev–Trinajstić information content (AvgIpc) is 2.90. The van der Waals surface area contributed by atoms with Crippen LogP contribution in [0.1, 0.15) is 6.42 Å². The molecule has 0 saturated heterocycles. The van der Waals surface area contributed by atoms with Crippen molar-refractivity contribution >= 4 is 5.91 Å². The second-order valence-corrected chi connectivity index (χ2v) is 11.5. The van der Waals surface area contributed by atoms with E-state index >= 15 is 0 Å². The minimum Gasteiger partial charge on any atom is -0.351 e. The molecule has 7 nitrogen and oxygen atoms in total. The molecule has 0 bridgehead atoms. The van der Waals surface area contributed by atoms with Gasteiger partial charge < -0.3 is 9.80 Å². The standard InChI is InChI=1S/C21H15F29N2O5/c1-52(2,3)6-4-5-51-7(53)8(22,13(28,29)30)54-19(45,46)10(25,15(34,35)36)56-21(49,50)12(27,17(40,41)42)57-20(47,48)11(26,16(37,38)39)55-18(43,44)9(23,24)14(31,32)33/h4-6H2,1-3H3/p+1. The Hall–Kier alpha value is -2.76. The van der Waals surface area contributed by atoms with E-state index in [0.29, 0.717) is 5.32 Å².